The largest absolute Gasteiger partial charge is 0.494 e. The maximum atomic E-state index is 14.7. The van der Waals surface area contributed by atoms with E-state index in [4.69, 9.17) is 4.74 Å². The Morgan fingerprint density at radius 2 is 1.47 bits per heavy atom. The quantitative estimate of drug-likeness (QED) is 0.165. The molecule has 0 bridgehead atoms. The fraction of sp³-hybridized carbons (Fsp3) is 0.520. The van der Waals surface area contributed by atoms with Gasteiger partial charge in [0.1, 0.15) is 10.6 Å². The van der Waals surface area contributed by atoms with Crippen molar-refractivity contribution in [2.24, 2.45) is 3.77 Å². The molecule has 36 heavy (non-hydrogen) atoms. The second-order valence-corrected chi connectivity index (χ2v) is 10.8. The summed E-state index contributed by atoms with van der Waals surface area (Å²) in [4.78, 5) is -1.03. The predicted molar refractivity (Wildman–Crippen MR) is 135 cm³/mol. The molecule has 0 heterocycles. The van der Waals surface area contributed by atoms with Crippen LogP contribution in [0, 0.1) is 11.6 Å². The minimum atomic E-state index is -4.75. The van der Waals surface area contributed by atoms with Crippen LogP contribution in [0.25, 0.3) is 11.1 Å². The molecule has 0 aromatic heterocycles. The molecule has 0 aliphatic rings. The minimum absolute atomic E-state index is 0.0576. The lowest BCUT2D eigenvalue weighted by Gasteiger charge is -2.11. The van der Waals surface area contributed by atoms with Crippen molar-refractivity contribution in [3.63, 3.8) is 0 Å². The van der Waals surface area contributed by atoms with Gasteiger partial charge in [-0.05, 0) is 47.1 Å². The minimum Gasteiger partial charge on any atom is -0.494 e. The average molecular weight is 547 g/mol. The van der Waals surface area contributed by atoms with Gasteiger partial charge in [0.05, 0.1) is 13.2 Å². The third-order valence-corrected chi connectivity index (χ3v) is 7.90. The number of benzene rings is 2. The van der Waals surface area contributed by atoms with Gasteiger partial charge in [-0.3, -0.25) is 3.77 Å². The van der Waals surface area contributed by atoms with E-state index in [9.17, 15) is 21.4 Å². The topological polar surface area (TPSA) is 91.3 Å². The van der Waals surface area contributed by atoms with Gasteiger partial charge in [-0.25, -0.2) is 17.2 Å². The molecule has 2 rings (SSSR count). The molecule has 11 heteroatoms. The first-order valence-corrected chi connectivity index (χ1v) is 14.5. The first kappa shape index (κ1) is 30.1. The third kappa shape index (κ3) is 9.76. The Bertz CT molecular complexity index is 1130. The first-order chi connectivity index (χ1) is 17.3. The van der Waals surface area contributed by atoms with Crippen LogP contribution in [0.5, 0.6) is 5.75 Å². The number of hydrogen-bond donors (Lipinski definition) is 0. The Balaban J connectivity index is 1.97. The molecule has 0 saturated carbocycles. The number of methoxy groups -OCH3 is 1. The molecule has 0 amide bonds. The van der Waals surface area contributed by atoms with Gasteiger partial charge in [0, 0.05) is 19.3 Å². The van der Waals surface area contributed by atoms with Crippen molar-refractivity contribution in [3.8, 4) is 16.9 Å². The summed E-state index contributed by atoms with van der Waals surface area (Å²) in [5.41, 5.74) is 0.219. The lowest BCUT2D eigenvalue weighted by Crippen LogP contribution is -2.06. The van der Waals surface area contributed by atoms with Gasteiger partial charge < -0.3 is 17.9 Å². The first-order valence-electron chi connectivity index (χ1n) is 12.0. The molecule has 0 aliphatic heterocycles. The van der Waals surface area contributed by atoms with Crippen LogP contribution in [0.2, 0.25) is 0 Å². The Hall–Kier alpha value is -2.08. The normalized spacial score (nSPS) is 12.7. The number of ether oxygens (including phenoxy) is 2. The van der Waals surface area contributed by atoms with Crippen LogP contribution in [0.1, 0.15) is 58.3 Å². The van der Waals surface area contributed by atoms with Crippen LogP contribution in [-0.2, 0) is 34.0 Å². The highest BCUT2D eigenvalue weighted by molar-refractivity contribution is 7.95. The van der Waals surface area contributed by atoms with Crippen molar-refractivity contribution in [2.45, 2.75) is 63.2 Å². The summed E-state index contributed by atoms with van der Waals surface area (Å²) < 4.78 is 83.6. The summed E-state index contributed by atoms with van der Waals surface area (Å²) >= 11 is 0. The molecule has 0 spiro atoms. The van der Waals surface area contributed by atoms with Crippen LogP contribution in [0.4, 0.5) is 8.78 Å². The summed E-state index contributed by atoms with van der Waals surface area (Å²) in [7, 11) is -5.98. The highest BCUT2D eigenvalue weighted by Crippen LogP contribution is 2.30. The molecule has 7 nitrogen and oxygen atoms in total. The van der Waals surface area contributed by atoms with Gasteiger partial charge >= 0.3 is 0 Å². The van der Waals surface area contributed by atoms with Crippen molar-refractivity contribution < 1.29 is 35.1 Å². The van der Waals surface area contributed by atoms with E-state index in [1.807, 2.05) is 0 Å². The Kier molecular flexibility index (Phi) is 13.3. The summed E-state index contributed by atoms with van der Waals surface area (Å²) in [6.07, 6.45) is 9.58. The number of hydrogen-bond acceptors (Lipinski definition) is 7. The van der Waals surface area contributed by atoms with E-state index in [1.54, 1.807) is 24.3 Å². The molecule has 0 aliphatic carbocycles. The lowest BCUT2D eigenvalue weighted by molar-refractivity contribution is 0.154. The van der Waals surface area contributed by atoms with Crippen molar-refractivity contribution in [3.05, 3.63) is 48.0 Å². The van der Waals surface area contributed by atoms with Crippen LogP contribution >= 0.6 is 0 Å². The standard InChI is InChI=1S/C25H34F2NO6S2/c1-3-4-5-6-7-8-9-10-17-33-21-13-11-20(12-14-21)22-15-16-23(25(27)24(22)26)36(30,31)28-35(29)34-19-18-32-2/h11-16H,3-10,17-19H2,1-2H3/q-1. The zero-order valence-corrected chi connectivity index (χ0v) is 22.3. The molecular weight excluding hydrogens is 512 g/mol. The van der Waals surface area contributed by atoms with Crippen molar-refractivity contribution in [2.75, 3.05) is 26.9 Å². The molecule has 0 saturated heterocycles. The van der Waals surface area contributed by atoms with Crippen LogP contribution in [0.3, 0.4) is 0 Å². The number of sulfonamides is 1. The number of halogens is 2. The SMILES string of the molecule is CCCCCCCCCCOc1ccc(-c2ccc(S(=O)(=O)N=[S-](=O)OCCOC)c(F)c2F)cc1. The van der Waals surface area contributed by atoms with Crippen LogP contribution in [-0.4, -0.2) is 35.3 Å². The second-order valence-electron chi connectivity index (χ2n) is 8.17. The highest BCUT2D eigenvalue weighted by atomic mass is 32.3. The van der Waals surface area contributed by atoms with E-state index in [-0.39, 0.29) is 18.8 Å². The zero-order chi connectivity index (χ0) is 26.4. The second kappa shape index (κ2) is 15.9. The summed E-state index contributed by atoms with van der Waals surface area (Å²) in [5, 5.41) is 0. The number of unbranched alkanes of at least 4 members (excludes halogenated alkanes) is 7. The zero-order valence-electron chi connectivity index (χ0n) is 20.7. The van der Waals surface area contributed by atoms with E-state index in [0.29, 0.717) is 17.9 Å². The third-order valence-electron chi connectivity index (χ3n) is 5.39. The van der Waals surface area contributed by atoms with Gasteiger partial charge in [0.2, 0.25) is 0 Å². The summed E-state index contributed by atoms with van der Waals surface area (Å²) in [5.74, 6) is -2.36. The van der Waals surface area contributed by atoms with E-state index >= 15 is 0 Å². The number of rotatable bonds is 17. The smallest absolute Gasteiger partial charge is 0.265 e. The van der Waals surface area contributed by atoms with Crippen LogP contribution in [0.15, 0.2) is 45.1 Å². The Labute approximate surface area is 214 Å². The molecule has 202 valence electrons. The molecule has 2 aromatic rings. The van der Waals surface area contributed by atoms with Crippen molar-refractivity contribution >= 4 is 20.9 Å². The molecule has 0 N–H and O–H groups in total. The molecule has 0 fully saturated rings. The lowest BCUT2D eigenvalue weighted by atomic mass is 10.0. The summed E-state index contributed by atoms with van der Waals surface area (Å²) in [6, 6.07) is 8.45. The maximum absolute atomic E-state index is 14.7. The van der Waals surface area contributed by atoms with E-state index in [1.165, 1.54) is 45.6 Å². The van der Waals surface area contributed by atoms with Gasteiger partial charge in [-0.1, -0.05) is 64.0 Å². The van der Waals surface area contributed by atoms with E-state index < -0.39 is 37.4 Å². The molecule has 2 aromatic carbocycles. The molecular formula is C25H34F2NO6S2-. The van der Waals surface area contributed by atoms with Crippen molar-refractivity contribution in [1.82, 2.24) is 0 Å². The monoisotopic (exact) mass is 546 g/mol. The number of nitrogens with zero attached hydrogens (tertiary/aromatic N) is 1. The van der Waals surface area contributed by atoms with Gasteiger partial charge in [0.15, 0.2) is 11.6 Å². The van der Waals surface area contributed by atoms with Crippen LogP contribution < -0.4 is 4.74 Å². The van der Waals surface area contributed by atoms with E-state index in [0.717, 1.165) is 25.0 Å². The van der Waals surface area contributed by atoms with E-state index in [2.05, 4.69) is 19.6 Å². The maximum Gasteiger partial charge on any atom is 0.265 e. The molecule has 0 radical (unpaired) electrons. The van der Waals surface area contributed by atoms with Crippen molar-refractivity contribution in [1.29, 1.82) is 0 Å². The van der Waals surface area contributed by atoms with Gasteiger partial charge in [0.25, 0.3) is 10.0 Å². The average Bonchev–Trinajstić information content (AvgIpc) is 2.85. The van der Waals surface area contributed by atoms with Gasteiger partial charge in [-0.15, -0.1) is 0 Å². The van der Waals surface area contributed by atoms with Gasteiger partial charge in [-0.2, -0.15) is 0 Å². The molecule has 0 atom stereocenters. The summed E-state index contributed by atoms with van der Waals surface area (Å²) in [6.45, 7) is 2.65. The Morgan fingerprint density at radius 1 is 0.833 bits per heavy atom. The fourth-order valence-electron chi connectivity index (χ4n) is 3.44. The highest BCUT2D eigenvalue weighted by Gasteiger charge is 2.22. The Morgan fingerprint density at radius 3 is 2.11 bits per heavy atom. The fourth-order valence-corrected chi connectivity index (χ4v) is 5.34. The predicted octanol–water partition coefficient (Wildman–Crippen LogP) is 6.57. The molecule has 0 unspecified atom stereocenters.